The van der Waals surface area contributed by atoms with Gasteiger partial charge in [-0.1, -0.05) is 0 Å². The highest BCUT2D eigenvalue weighted by atomic mass is 16.5. The number of carbonyl (C=O) groups excluding carboxylic acids is 1. The topological polar surface area (TPSA) is 114 Å². The Hall–Kier alpha value is -2.85. The lowest BCUT2D eigenvalue weighted by atomic mass is 10.2. The molecule has 0 saturated carbocycles. The number of rotatable bonds is 3. The number of anilines is 2. The summed E-state index contributed by atoms with van der Waals surface area (Å²) in [5, 5.41) is 0. The molecule has 10 heteroatoms. The number of hydrogen-bond acceptors (Lipinski definition) is 9. The SMILES string of the molecule is CN1CCN(C(=O)c2cc(-c3cnc(N)nc3)nc(N3CCOCC3)n2)CC1. The van der Waals surface area contributed by atoms with E-state index in [2.05, 4.69) is 31.9 Å². The first-order valence-corrected chi connectivity index (χ1v) is 9.37. The van der Waals surface area contributed by atoms with Crippen LogP contribution in [0.25, 0.3) is 11.3 Å². The van der Waals surface area contributed by atoms with Crippen molar-refractivity contribution in [3.63, 3.8) is 0 Å². The van der Waals surface area contributed by atoms with Gasteiger partial charge in [-0.05, 0) is 13.1 Å². The van der Waals surface area contributed by atoms with Crippen molar-refractivity contribution in [3.8, 4) is 11.3 Å². The van der Waals surface area contributed by atoms with Crippen LogP contribution in [0.4, 0.5) is 11.9 Å². The van der Waals surface area contributed by atoms with Crippen LogP contribution in [-0.2, 0) is 4.74 Å². The Morgan fingerprint density at radius 1 is 1.04 bits per heavy atom. The summed E-state index contributed by atoms with van der Waals surface area (Å²) >= 11 is 0. The Labute approximate surface area is 163 Å². The molecule has 0 radical (unpaired) electrons. The standard InChI is InChI=1S/C18H24N8O2/c1-24-2-4-25(5-3-24)16(27)15-10-14(13-11-20-17(19)21-12-13)22-18(23-15)26-6-8-28-9-7-26/h10-12H,2-9H2,1H3,(H2,19,20,21). The van der Waals surface area contributed by atoms with Gasteiger partial charge >= 0.3 is 0 Å². The van der Waals surface area contributed by atoms with Crippen LogP contribution in [0.5, 0.6) is 0 Å². The summed E-state index contributed by atoms with van der Waals surface area (Å²) in [5.41, 5.74) is 7.28. The molecule has 2 aliphatic rings. The van der Waals surface area contributed by atoms with Crippen LogP contribution < -0.4 is 10.6 Å². The number of likely N-dealkylation sites (N-methyl/N-ethyl adjacent to an activating group) is 1. The minimum atomic E-state index is -0.0809. The molecule has 148 valence electrons. The maximum absolute atomic E-state index is 13.1. The first kappa shape index (κ1) is 18.5. The van der Waals surface area contributed by atoms with E-state index in [0.29, 0.717) is 62.3 Å². The molecule has 4 heterocycles. The van der Waals surface area contributed by atoms with Crippen molar-refractivity contribution in [3.05, 3.63) is 24.2 Å². The van der Waals surface area contributed by atoms with Crippen LogP contribution in [0.15, 0.2) is 18.5 Å². The van der Waals surface area contributed by atoms with E-state index in [0.717, 1.165) is 13.1 Å². The van der Waals surface area contributed by atoms with Gasteiger partial charge in [0, 0.05) is 57.2 Å². The zero-order valence-corrected chi connectivity index (χ0v) is 15.9. The van der Waals surface area contributed by atoms with E-state index in [1.165, 1.54) is 0 Å². The van der Waals surface area contributed by atoms with Crippen molar-refractivity contribution in [1.29, 1.82) is 0 Å². The number of carbonyl (C=O) groups is 1. The molecule has 2 aromatic rings. The molecule has 2 aromatic heterocycles. The van der Waals surface area contributed by atoms with Crippen molar-refractivity contribution in [2.24, 2.45) is 0 Å². The summed E-state index contributed by atoms with van der Waals surface area (Å²) in [7, 11) is 2.06. The van der Waals surface area contributed by atoms with Gasteiger partial charge in [0.2, 0.25) is 11.9 Å². The van der Waals surface area contributed by atoms with Gasteiger partial charge < -0.3 is 25.2 Å². The van der Waals surface area contributed by atoms with Crippen molar-refractivity contribution in [1.82, 2.24) is 29.7 Å². The number of aromatic nitrogens is 4. The van der Waals surface area contributed by atoms with Crippen LogP contribution in [0, 0.1) is 0 Å². The Bertz CT molecular complexity index is 830. The van der Waals surface area contributed by atoms with Gasteiger partial charge in [-0.15, -0.1) is 0 Å². The lowest BCUT2D eigenvalue weighted by Gasteiger charge is -2.32. The third-order valence-electron chi connectivity index (χ3n) is 4.99. The van der Waals surface area contributed by atoms with Gasteiger partial charge in [-0.3, -0.25) is 4.79 Å². The molecule has 0 unspecified atom stereocenters. The van der Waals surface area contributed by atoms with Gasteiger partial charge in [0.05, 0.1) is 18.9 Å². The van der Waals surface area contributed by atoms with E-state index < -0.39 is 0 Å². The van der Waals surface area contributed by atoms with Gasteiger partial charge in [0.25, 0.3) is 5.91 Å². The molecule has 0 atom stereocenters. The number of hydrogen-bond donors (Lipinski definition) is 1. The van der Waals surface area contributed by atoms with Crippen molar-refractivity contribution < 1.29 is 9.53 Å². The number of morpholine rings is 1. The summed E-state index contributed by atoms with van der Waals surface area (Å²) in [4.78, 5) is 36.5. The molecule has 0 aromatic carbocycles. The minimum absolute atomic E-state index is 0.0809. The van der Waals surface area contributed by atoms with Crippen molar-refractivity contribution in [2.45, 2.75) is 0 Å². The maximum atomic E-state index is 13.1. The zero-order valence-electron chi connectivity index (χ0n) is 15.9. The number of nitrogens with zero attached hydrogens (tertiary/aromatic N) is 7. The summed E-state index contributed by atoms with van der Waals surface area (Å²) in [6, 6.07) is 1.71. The molecular weight excluding hydrogens is 360 g/mol. The number of piperazine rings is 1. The molecule has 2 fully saturated rings. The van der Waals surface area contributed by atoms with E-state index in [9.17, 15) is 4.79 Å². The van der Waals surface area contributed by atoms with Crippen LogP contribution in [0.1, 0.15) is 10.5 Å². The van der Waals surface area contributed by atoms with E-state index in [-0.39, 0.29) is 11.9 Å². The molecule has 4 rings (SSSR count). The van der Waals surface area contributed by atoms with Crippen molar-refractivity contribution >= 4 is 17.8 Å². The average molecular weight is 384 g/mol. The molecule has 28 heavy (non-hydrogen) atoms. The molecule has 2 aliphatic heterocycles. The van der Waals surface area contributed by atoms with E-state index >= 15 is 0 Å². The minimum Gasteiger partial charge on any atom is -0.378 e. The Morgan fingerprint density at radius 3 is 2.39 bits per heavy atom. The lowest BCUT2D eigenvalue weighted by molar-refractivity contribution is 0.0658. The number of amides is 1. The fourth-order valence-corrected chi connectivity index (χ4v) is 3.24. The number of ether oxygens (including phenoxy) is 1. The van der Waals surface area contributed by atoms with Gasteiger partial charge in [0.15, 0.2) is 0 Å². The fraction of sp³-hybridized carbons (Fsp3) is 0.500. The van der Waals surface area contributed by atoms with E-state index in [1.807, 2.05) is 9.80 Å². The normalized spacial score (nSPS) is 18.3. The monoisotopic (exact) mass is 384 g/mol. The van der Waals surface area contributed by atoms with Crippen LogP contribution in [0.2, 0.25) is 0 Å². The molecule has 2 N–H and O–H groups in total. The molecule has 1 amide bonds. The molecule has 0 aliphatic carbocycles. The fourth-order valence-electron chi connectivity index (χ4n) is 3.24. The molecule has 2 saturated heterocycles. The van der Waals surface area contributed by atoms with Gasteiger partial charge in [-0.25, -0.2) is 19.9 Å². The molecular formula is C18H24N8O2. The summed E-state index contributed by atoms with van der Waals surface area (Å²) in [5.74, 6) is 0.637. The van der Waals surface area contributed by atoms with Gasteiger partial charge in [0.1, 0.15) is 5.69 Å². The number of nitrogens with two attached hydrogens (primary N) is 1. The third kappa shape index (κ3) is 4.02. The van der Waals surface area contributed by atoms with E-state index in [4.69, 9.17) is 10.5 Å². The lowest BCUT2D eigenvalue weighted by Crippen LogP contribution is -2.47. The highest BCUT2D eigenvalue weighted by Gasteiger charge is 2.24. The largest absolute Gasteiger partial charge is 0.378 e. The maximum Gasteiger partial charge on any atom is 0.272 e. The first-order chi connectivity index (χ1) is 13.6. The van der Waals surface area contributed by atoms with Crippen LogP contribution in [-0.4, -0.2) is 95.2 Å². The molecule has 0 bridgehead atoms. The molecule has 10 nitrogen and oxygen atoms in total. The number of nitrogen functional groups attached to an aromatic ring is 1. The smallest absolute Gasteiger partial charge is 0.272 e. The second kappa shape index (κ2) is 8.03. The Kier molecular flexibility index (Phi) is 5.31. The molecule has 0 spiro atoms. The summed E-state index contributed by atoms with van der Waals surface area (Å²) < 4.78 is 5.42. The second-order valence-electron chi connectivity index (χ2n) is 6.96. The van der Waals surface area contributed by atoms with Gasteiger partial charge in [-0.2, -0.15) is 0 Å². The van der Waals surface area contributed by atoms with Crippen molar-refractivity contribution in [2.75, 3.05) is 70.2 Å². The predicted octanol–water partition coefficient (Wildman–Crippen LogP) is -0.260. The quantitative estimate of drug-likeness (QED) is 0.764. The first-order valence-electron chi connectivity index (χ1n) is 9.37. The highest BCUT2D eigenvalue weighted by molar-refractivity contribution is 5.93. The Balaban J connectivity index is 1.68. The summed E-state index contributed by atoms with van der Waals surface area (Å²) in [6.45, 7) is 5.67. The highest BCUT2D eigenvalue weighted by Crippen LogP contribution is 2.22. The van der Waals surface area contributed by atoms with E-state index in [1.54, 1.807) is 18.5 Å². The van der Waals surface area contributed by atoms with Crippen LogP contribution in [0.3, 0.4) is 0 Å². The average Bonchev–Trinajstić information content (AvgIpc) is 2.74. The third-order valence-corrected chi connectivity index (χ3v) is 4.99. The second-order valence-corrected chi connectivity index (χ2v) is 6.96. The summed E-state index contributed by atoms with van der Waals surface area (Å²) in [6.07, 6.45) is 3.22. The predicted molar refractivity (Wildman–Crippen MR) is 104 cm³/mol. The zero-order chi connectivity index (χ0) is 19.5. The van der Waals surface area contributed by atoms with Crippen LogP contribution >= 0.6 is 0 Å². The Morgan fingerprint density at radius 2 is 1.71 bits per heavy atom.